The Morgan fingerprint density at radius 2 is 2.08 bits per heavy atom. The van der Waals surface area contributed by atoms with E-state index in [0.29, 0.717) is 18.7 Å². The second kappa shape index (κ2) is 6.88. The molecule has 0 radical (unpaired) electrons. The van der Waals surface area contributed by atoms with Crippen LogP contribution < -0.4 is 5.32 Å². The number of rotatable bonds is 6. The molecule has 3 aromatic rings. The summed E-state index contributed by atoms with van der Waals surface area (Å²) in [4.78, 5) is 0. The van der Waals surface area contributed by atoms with Crippen molar-refractivity contribution in [3.63, 3.8) is 0 Å². The van der Waals surface area contributed by atoms with Gasteiger partial charge in [0, 0.05) is 23.7 Å². The van der Waals surface area contributed by atoms with E-state index in [0.717, 1.165) is 28.4 Å². The molecule has 0 amide bonds. The third-order valence-corrected chi connectivity index (χ3v) is 3.89. The molecular weight excluding hydrogens is 309 g/mol. The molecule has 2 N–H and O–H groups in total. The Bertz CT molecular complexity index is 839. The molecule has 2 heterocycles. The fourth-order valence-corrected chi connectivity index (χ4v) is 2.63. The molecule has 0 unspecified atom stereocenters. The molecule has 6 heteroatoms. The Balaban J connectivity index is 1.85. The molecule has 0 bridgehead atoms. The van der Waals surface area contributed by atoms with Gasteiger partial charge in [-0.1, -0.05) is 17.7 Å². The van der Waals surface area contributed by atoms with Crippen molar-refractivity contribution in [3.05, 3.63) is 59.3 Å². The molecule has 0 saturated carbocycles. The lowest BCUT2D eigenvalue weighted by atomic mass is 10.1. The second-order valence-corrected chi connectivity index (χ2v) is 5.70. The van der Waals surface area contributed by atoms with E-state index >= 15 is 0 Å². The summed E-state index contributed by atoms with van der Waals surface area (Å²) in [5, 5.41) is 16.9. The van der Waals surface area contributed by atoms with Crippen molar-refractivity contribution < 1.29 is 13.9 Å². The third kappa shape index (κ3) is 3.33. The molecule has 0 spiro atoms. The summed E-state index contributed by atoms with van der Waals surface area (Å²) in [6, 6.07) is 8.76. The highest BCUT2D eigenvalue weighted by atomic mass is 19.1. The topological polar surface area (TPSA) is 63.2 Å². The van der Waals surface area contributed by atoms with Crippen LogP contribution in [0.15, 0.2) is 41.0 Å². The maximum absolute atomic E-state index is 13.9. The molecule has 24 heavy (non-hydrogen) atoms. The zero-order valence-corrected chi connectivity index (χ0v) is 13.7. The lowest BCUT2D eigenvalue weighted by Crippen LogP contribution is -2.11. The van der Waals surface area contributed by atoms with Gasteiger partial charge in [0.15, 0.2) is 0 Å². The van der Waals surface area contributed by atoms with Gasteiger partial charge in [-0.3, -0.25) is 0 Å². The number of aromatic nitrogens is 2. The van der Waals surface area contributed by atoms with E-state index in [4.69, 9.17) is 4.42 Å². The normalized spacial score (nSPS) is 11.0. The van der Waals surface area contributed by atoms with Gasteiger partial charge >= 0.3 is 0 Å². The SMILES string of the molecule is Cc1ccc(F)c(CNc2cc(-c3ccoc3C)nn2CCO)c1. The smallest absolute Gasteiger partial charge is 0.128 e. The van der Waals surface area contributed by atoms with Crippen LogP contribution >= 0.6 is 0 Å². The number of furan rings is 1. The van der Waals surface area contributed by atoms with Crippen molar-refractivity contribution in [2.24, 2.45) is 0 Å². The Kier molecular flexibility index (Phi) is 4.66. The van der Waals surface area contributed by atoms with E-state index in [1.807, 2.05) is 32.0 Å². The molecular formula is C18H20FN3O2. The number of aliphatic hydroxyl groups excluding tert-OH is 1. The third-order valence-electron chi connectivity index (χ3n) is 3.89. The van der Waals surface area contributed by atoms with Crippen molar-refractivity contribution >= 4 is 5.82 Å². The van der Waals surface area contributed by atoms with E-state index in [1.165, 1.54) is 6.07 Å². The van der Waals surface area contributed by atoms with Gasteiger partial charge in [-0.25, -0.2) is 9.07 Å². The summed E-state index contributed by atoms with van der Waals surface area (Å²) >= 11 is 0. The van der Waals surface area contributed by atoms with Crippen LogP contribution in [0.1, 0.15) is 16.9 Å². The number of aryl methyl sites for hydroxylation is 2. The summed E-state index contributed by atoms with van der Waals surface area (Å²) in [5.41, 5.74) is 3.25. The van der Waals surface area contributed by atoms with E-state index in [9.17, 15) is 9.50 Å². The standard InChI is InChI=1S/C18H20FN3O2/c1-12-3-4-16(19)14(9-12)11-20-18-10-17(21-22(18)6-7-23)15-5-8-24-13(15)2/h3-5,8-10,20,23H,6-7,11H2,1-2H3. The molecule has 2 aromatic heterocycles. The first kappa shape index (κ1) is 16.3. The number of anilines is 1. The monoisotopic (exact) mass is 329 g/mol. The second-order valence-electron chi connectivity index (χ2n) is 5.70. The maximum Gasteiger partial charge on any atom is 0.128 e. The van der Waals surface area contributed by atoms with Gasteiger partial charge in [0.05, 0.1) is 25.1 Å². The number of hydrogen-bond acceptors (Lipinski definition) is 4. The van der Waals surface area contributed by atoms with Crippen molar-refractivity contribution in [1.29, 1.82) is 0 Å². The van der Waals surface area contributed by atoms with Gasteiger partial charge in [0.25, 0.3) is 0 Å². The van der Waals surface area contributed by atoms with Gasteiger partial charge in [-0.05, 0) is 26.0 Å². The quantitative estimate of drug-likeness (QED) is 0.726. The largest absolute Gasteiger partial charge is 0.469 e. The Hall–Kier alpha value is -2.60. The molecule has 0 aliphatic heterocycles. The molecule has 1 aromatic carbocycles. The number of nitrogens with one attached hydrogen (secondary N) is 1. The summed E-state index contributed by atoms with van der Waals surface area (Å²) in [6.07, 6.45) is 1.62. The van der Waals surface area contributed by atoms with E-state index < -0.39 is 0 Å². The molecule has 3 rings (SSSR count). The Morgan fingerprint density at radius 1 is 1.25 bits per heavy atom. The van der Waals surface area contributed by atoms with Crippen molar-refractivity contribution in [1.82, 2.24) is 9.78 Å². The van der Waals surface area contributed by atoms with Gasteiger partial charge in [0.1, 0.15) is 17.4 Å². The van der Waals surface area contributed by atoms with Crippen molar-refractivity contribution in [3.8, 4) is 11.3 Å². The minimum atomic E-state index is -0.243. The Morgan fingerprint density at radius 3 is 2.79 bits per heavy atom. The fourth-order valence-electron chi connectivity index (χ4n) is 2.63. The molecule has 0 aliphatic carbocycles. The number of aliphatic hydroxyl groups is 1. The molecule has 0 atom stereocenters. The maximum atomic E-state index is 13.9. The first-order valence-electron chi connectivity index (χ1n) is 7.80. The average molecular weight is 329 g/mol. The first-order chi connectivity index (χ1) is 11.6. The summed E-state index contributed by atoms with van der Waals surface area (Å²) in [5.74, 6) is 1.26. The van der Waals surface area contributed by atoms with Crippen LogP contribution in [-0.4, -0.2) is 21.5 Å². The number of nitrogens with zero attached hydrogens (tertiary/aromatic N) is 2. The highest BCUT2D eigenvalue weighted by Gasteiger charge is 2.13. The van der Waals surface area contributed by atoms with E-state index in [1.54, 1.807) is 17.0 Å². The highest BCUT2D eigenvalue weighted by molar-refractivity contribution is 5.64. The summed E-state index contributed by atoms with van der Waals surface area (Å²) in [7, 11) is 0. The first-order valence-corrected chi connectivity index (χ1v) is 7.80. The molecule has 5 nitrogen and oxygen atoms in total. The Labute approximate surface area is 139 Å². The number of halogens is 1. The van der Waals surface area contributed by atoms with Crippen LogP contribution in [0.5, 0.6) is 0 Å². The summed E-state index contributed by atoms with van der Waals surface area (Å²) < 4.78 is 20.9. The fraction of sp³-hybridized carbons (Fsp3) is 0.278. The van der Waals surface area contributed by atoms with Crippen LogP contribution in [0.2, 0.25) is 0 Å². The lowest BCUT2D eigenvalue weighted by molar-refractivity contribution is 0.270. The predicted octanol–water partition coefficient (Wildman–Crippen LogP) is 3.50. The predicted molar refractivity (Wildman–Crippen MR) is 90.2 cm³/mol. The van der Waals surface area contributed by atoms with Crippen molar-refractivity contribution in [2.75, 3.05) is 11.9 Å². The van der Waals surface area contributed by atoms with Crippen LogP contribution in [-0.2, 0) is 13.1 Å². The van der Waals surface area contributed by atoms with Crippen LogP contribution in [0.25, 0.3) is 11.3 Å². The zero-order valence-electron chi connectivity index (χ0n) is 13.7. The van der Waals surface area contributed by atoms with E-state index in [-0.39, 0.29) is 12.4 Å². The molecule has 0 fully saturated rings. The minimum absolute atomic E-state index is 0.0288. The van der Waals surface area contributed by atoms with E-state index in [2.05, 4.69) is 10.4 Å². The minimum Gasteiger partial charge on any atom is -0.469 e. The van der Waals surface area contributed by atoms with Crippen LogP contribution in [0.3, 0.4) is 0 Å². The molecule has 0 saturated heterocycles. The van der Waals surface area contributed by atoms with Gasteiger partial charge < -0.3 is 14.8 Å². The highest BCUT2D eigenvalue weighted by Crippen LogP contribution is 2.26. The molecule has 0 aliphatic rings. The van der Waals surface area contributed by atoms with Crippen LogP contribution in [0, 0.1) is 19.7 Å². The van der Waals surface area contributed by atoms with Gasteiger partial charge in [-0.15, -0.1) is 0 Å². The molecule has 126 valence electrons. The van der Waals surface area contributed by atoms with Crippen molar-refractivity contribution in [2.45, 2.75) is 26.9 Å². The zero-order chi connectivity index (χ0) is 17.1. The summed E-state index contributed by atoms with van der Waals surface area (Å²) in [6.45, 7) is 4.47. The number of hydrogen-bond donors (Lipinski definition) is 2. The lowest BCUT2D eigenvalue weighted by Gasteiger charge is -2.10. The number of benzene rings is 1. The van der Waals surface area contributed by atoms with Crippen LogP contribution in [0.4, 0.5) is 10.2 Å². The van der Waals surface area contributed by atoms with Gasteiger partial charge in [0.2, 0.25) is 0 Å². The van der Waals surface area contributed by atoms with Gasteiger partial charge in [-0.2, -0.15) is 5.10 Å². The average Bonchev–Trinajstić information content (AvgIpc) is 3.15.